The van der Waals surface area contributed by atoms with Crippen LogP contribution in [0.5, 0.6) is 11.6 Å². The summed E-state index contributed by atoms with van der Waals surface area (Å²) in [5.74, 6) is -0.551. The molecule has 0 aliphatic heterocycles. The molecule has 0 spiro atoms. The van der Waals surface area contributed by atoms with Gasteiger partial charge >= 0.3 is 0 Å². The predicted octanol–water partition coefficient (Wildman–Crippen LogP) is 3.71. The standard InChI is InChI=1S/C14H15F2N3O/c1-8(2)12-13(17-3)18-7-19-14(12)20-11-6-9(15)4-5-10(11)16/h4-8H,1-3H3,(H,17,18,19). The van der Waals surface area contributed by atoms with Crippen molar-refractivity contribution in [2.75, 3.05) is 12.4 Å². The molecule has 0 atom stereocenters. The van der Waals surface area contributed by atoms with E-state index in [1.54, 1.807) is 7.05 Å². The fourth-order valence-corrected chi connectivity index (χ4v) is 1.84. The Hall–Kier alpha value is -2.24. The lowest BCUT2D eigenvalue weighted by Gasteiger charge is -2.15. The van der Waals surface area contributed by atoms with Gasteiger partial charge in [-0.1, -0.05) is 13.8 Å². The van der Waals surface area contributed by atoms with Gasteiger partial charge < -0.3 is 10.1 Å². The van der Waals surface area contributed by atoms with Crippen LogP contribution in [0.2, 0.25) is 0 Å². The molecule has 1 heterocycles. The molecule has 106 valence electrons. The molecule has 1 N–H and O–H groups in total. The van der Waals surface area contributed by atoms with E-state index in [2.05, 4.69) is 15.3 Å². The molecule has 1 aromatic carbocycles. The van der Waals surface area contributed by atoms with Crippen molar-refractivity contribution in [3.63, 3.8) is 0 Å². The fraction of sp³-hybridized carbons (Fsp3) is 0.286. The maximum absolute atomic E-state index is 13.6. The van der Waals surface area contributed by atoms with Crippen molar-refractivity contribution in [2.24, 2.45) is 0 Å². The van der Waals surface area contributed by atoms with Crippen LogP contribution in [0.3, 0.4) is 0 Å². The summed E-state index contributed by atoms with van der Waals surface area (Å²) in [4.78, 5) is 8.10. The second kappa shape index (κ2) is 5.81. The minimum absolute atomic E-state index is 0.0604. The number of nitrogens with one attached hydrogen (secondary N) is 1. The molecule has 4 nitrogen and oxygen atoms in total. The Kier molecular flexibility index (Phi) is 4.12. The number of ether oxygens (including phenoxy) is 1. The molecule has 20 heavy (non-hydrogen) atoms. The van der Waals surface area contributed by atoms with E-state index in [1.165, 1.54) is 6.33 Å². The molecular formula is C14H15F2N3O. The van der Waals surface area contributed by atoms with Gasteiger partial charge in [0.2, 0.25) is 5.88 Å². The van der Waals surface area contributed by atoms with Crippen LogP contribution >= 0.6 is 0 Å². The van der Waals surface area contributed by atoms with E-state index in [0.29, 0.717) is 11.4 Å². The first kappa shape index (κ1) is 14.2. The van der Waals surface area contributed by atoms with E-state index in [9.17, 15) is 8.78 Å². The average Bonchev–Trinajstić information content (AvgIpc) is 2.42. The molecule has 0 bridgehead atoms. The molecule has 0 radical (unpaired) electrons. The first-order valence-electron chi connectivity index (χ1n) is 6.18. The van der Waals surface area contributed by atoms with E-state index in [4.69, 9.17) is 4.74 Å². The molecule has 0 saturated heterocycles. The first-order chi connectivity index (χ1) is 9.52. The lowest BCUT2D eigenvalue weighted by Crippen LogP contribution is -2.05. The topological polar surface area (TPSA) is 47.0 Å². The van der Waals surface area contributed by atoms with Gasteiger partial charge in [0.1, 0.15) is 18.0 Å². The average molecular weight is 279 g/mol. The Morgan fingerprint density at radius 3 is 2.60 bits per heavy atom. The molecule has 0 fully saturated rings. The van der Waals surface area contributed by atoms with E-state index < -0.39 is 11.6 Å². The smallest absolute Gasteiger partial charge is 0.228 e. The minimum Gasteiger partial charge on any atom is -0.435 e. The van der Waals surface area contributed by atoms with E-state index in [-0.39, 0.29) is 17.5 Å². The number of rotatable bonds is 4. The second-order valence-electron chi connectivity index (χ2n) is 4.52. The van der Waals surface area contributed by atoms with Gasteiger partial charge in [-0.2, -0.15) is 0 Å². The van der Waals surface area contributed by atoms with Gasteiger partial charge in [-0.15, -0.1) is 0 Å². The van der Waals surface area contributed by atoms with Crippen molar-refractivity contribution in [1.29, 1.82) is 0 Å². The van der Waals surface area contributed by atoms with Gasteiger partial charge in [0.05, 0.1) is 5.56 Å². The monoisotopic (exact) mass is 279 g/mol. The van der Waals surface area contributed by atoms with Gasteiger partial charge in [0.15, 0.2) is 11.6 Å². The van der Waals surface area contributed by atoms with Crippen LogP contribution in [-0.2, 0) is 0 Å². The van der Waals surface area contributed by atoms with Gasteiger partial charge in [0, 0.05) is 13.1 Å². The summed E-state index contributed by atoms with van der Waals surface area (Å²) in [5, 5.41) is 2.93. The lowest BCUT2D eigenvalue weighted by molar-refractivity contribution is 0.415. The van der Waals surface area contributed by atoms with Crippen molar-refractivity contribution < 1.29 is 13.5 Å². The normalized spacial score (nSPS) is 10.7. The number of halogens is 2. The summed E-state index contributed by atoms with van der Waals surface area (Å²) < 4.78 is 32.2. The van der Waals surface area contributed by atoms with Crippen LogP contribution in [0.4, 0.5) is 14.6 Å². The van der Waals surface area contributed by atoms with Crippen molar-refractivity contribution in [3.05, 3.63) is 41.7 Å². The zero-order chi connectivity index (χ0) is 14.7. The summed E-state index contributed by atoms with van der Waals surface area (Å²) in [6.45, 7) is 3.88. The van der Waals surface area contributed by atoms with Gasteiger partial charge in [-0.05, 0) is 18.1 Å². The van der Waals surface area contributed by atoms with E-state index >= 15 is 0 Å². The summed E-state index contributed by atoms with van der Waals surface area (Å²) in [5.41, 5.74) is 0.707. The summed E-state index contributed by atoms with van der Waals surface area (Å²) in [6.07, 6.45) is 1.31. The molecule has 6 heteroatoms. The third kappa shape index (κ3) is 2.84. The van der Waals surface area contributed by atoms with Crippen molar-refractivity contribution in [3.8, 4) is 11.6 Å². The lowest BCUT2D eigenvalue weighted by atomic mass is 10.1. The zero-order valence-corrected chi connectivity index (χ0v) is 11.4. The quantitative estimate of drug-likeness (QED) is 0.926. The molecule has 0 aliphatic rings. The van der Waals surface area contributed by atoms with Crippen LogP contribution in [0.15, 0.2) is 24.5 Å². The Morgan fingerprint density at radius 2 is 1.95 bits per heavy atom. The van der Waals surface area contributed by atoms with Crippen LogP contribution in [0.1, 0.15) is 25.3 Å². The molecule has 0 unspecified atom stereocenters. The summed E-state index contributed by atoms with van der Waals surface area (Å²) in [6, 6.07) is 3.03. The van der Waals surface area contributed by atoms with Crippen LogP contribution < -0.4 is 10.1 Å². The number of anilines is 1. The number of hydrogen-bond donors (Lipinski definition) is 1. The zero-order valence-electron chi connectivity index (χ0n) is 11.4. The van der Waals surface area contributed by atoms with Crippen molar-refractivity contribution >= 4 is 5.82 Å². The number of hydrogen-bond acceptors (Lipinski definition) is 4. The Bertz CT molecular complexity index is 617. The maximum Gasteiger partial charge on any atom is 0.228 e. The Morgan fingerprint density at radius 1 is 1.20 bits per heavy atom. The highest BCUT2D eigenvalue weighted by Gasteiger charge is 2.17. The largest absolute Gasteiger partial charge is 0.435 e. The van der Waals surface area contributed by atoms with Crippen LogP contribution in [-0.4, -0.2) is 17.0 Å². The predicted molar refractivity (Wildman–Crippen MR) is 72.1 cm³/mol. The highest BCUT2D eigenvalue weighted by Crippen LogP contribution is 2.33. The minimum atomic E-state index is -0.647. The summed E-state index contributed by atoms with van der Waals surface area (Å²) >= 11 is 0. The van der Waals surface area contributed by atoms with Crippen molar-refractivity contribution in [2.45, 2.75) is 19.8 Å². The second-order valence-corrected chi connectivity index (χ2v) is 4.52. The fourth-order valence-electron chi connectivity index (χ4n) is 1.84. The summed E-state index contributed by atoms with van der Waals surface area (Å²) in [7, 11) is 1.72. The van der Waals surface area contributed by atoms with Crippen LogP contribution in [0, 0.1) is 11.6 Å². The Balaban J connectivity index is 2.45. The Labute approximate surface area is 115 Å². The third-order valence-corrected chi connectivity index (χ3v) is 2.76. The molecule has 0 saturated carbocycles. The van der Waals surface area contributed by atoms with Gasteiger partial charge in [0.25, 0.3) is 0 Å². The van der Waals surface area contributed by atoms with E-state index in [1.807, 2.05) is 13.8 Å². The number of aromatic nitrogens is 2. The number of nitrogens with zero attached hydrogens (tertiary/aromatic N) is 2. The third-order valence-electron chi connectivity index (χ3n) is 2.76. The molecule has 0 aliphatic carbocycles. The molecular weight excluding hydrogens is 264 g/mol. The molecule has 0 amide bonds. The SMILES string of the molecule is CNc1ncnc(Oc2cc(F)ccc2F)c1C(C)C. The highest BCUT2D eigenvalue weighted by molar-refractivity contribution is 5.51. The molecule has 1 aromatic heterocycles. The maximum atomic E-state index is 13.6. The van der Waals surface area contributed by atoms with Gasteiger partial charge in [-0.25, -0.2) is 18.7 Å². The number of benzene rings is 1. The molecule has 2 rings (SSSR count). The first-order valence-corrected chi connectivity index (χ1v) is 6.18. The van der Waals surface area contributed by atoms with Gasteiger partial charge in [-0.3, -0.25) is 0 Å². The van der Waals surface area contributed by atoms with E-state index in [0.717, 1.165) is 18.2 Å². The van der Waals surface area contributed by atoms with Crippen molar-refractivity contribution in [1.82, 2.24) is 9.97 Å². The van der Waals surface area contributed by atoms with Crippen LogP contribution in [0.25, 0.3) is 0 Å². The highest BCUT2D eigenvalue weighted by atomic mass is 19.1. The molecule has 2 aromatic rings.